The van der Waals surface area contributed by atoms with Crippen LogP contribution >= 0.6 is 0 Å². The Morgan fingerprint density at radius 3 is 2.39 bits per heavy atom. The van der Waals surface area contributed by atoms with Crippen LogP contribution in [0.25, 0.3) is 0 Å². The number of nitrogens with zero attached hydrogens (tertiary/aromatic N) is 1. The average molecular weight is 275 g/mol. The lowest BCUT2D eigenvalue weighted by Gasteiger charge is -2.44. The van der Waals surface area contributed by atoms with Crippen molar-refractivity contribution in [3.8, 4) is 0 Å². The lowest BCUT2D eigenvalue weighted by Crippen LogP contribution is -2.60. The molecule has 18 heavy (non-hydrogen) atoms. The summed E-state index contributed by atoms with van der Waals surface area (Å²) >= 11 is 0. The number of carbonyl (C=O) groups excluding carboxylic acids is 1. The largest absolute Gasteiger partial charge is 0.381 e. The third-order valence-electron chi connectivity index (χ3n) is 4.16. The van der Waals surface area contributed by atoms with Crippen LogP contribution < -0.4 is 0 Å². The van der Waals surface area contributed by atoms with Crippen molar-refractivity contribution < 1.29 is 17.9 Å². The molecule has 2 saturated heterocycles. The molecule has 0 unspecified atom stereocenters. The topological polar surface area (TPSA) is 63.7 Å². The molecule has 5 nitrogen and oxygen atoms in total. The van der Waals surface area contributed by atoms with E-state index >= 15 is 0 Å². The predicted molar refractivity (Wildman–Crippen MR) is 68.0 cm³/mol. The average Bonchev–Trinajstić information content (AvgIpc) is 2.27. The van der Waals surface area contributed by atoms with E-state index in [2.05, 4.69) is 0 Å². The molecule has 0 radical (unpaired) electrons. The molecule has 104 valence electrons. The van der Waals surface area contributed by atoms with Gasteiger partial charge in [-0.15, -0.1) is 0 Å². The molecule has 6 heteroatoms. The summed E-state index contributed by atoms with van der Waals surface area (Å²) in [5, 5.41) is -0.352. The molecule has 2 heterocycles. The molecule has 0 aromatic carbocycles. The minimum Gasteiger partial charge on any atom is -0.381 e. The molecule has 0 N–H and O–H groups in total. The first-order chi connectivity index (χ1) is 8.39. The number of hydrogen-bond acceptors (Lipinski definition) is 4. The highest BCUT2D eigenvalue weighted by Gasteiger charge is 2.45. The molecule has 0 aliphatic carbocycles. The first kappa shape index (κ1) is 13.8. The fourth-order valence-electron chi connectivity index (χ4n) is 2.48. The fraction of sp³-hybridized carbons (Fsp3) is 0.917. The van der Waals surface area contributed by atoms with Crippen molar-refractivity contribution in [2.24, 2.45) is 5.41 Å². The predicted octanol–water partition coefficient (Wildman–Crippen LogP) is 0.449. The van der Waals surface area contributed by atoms with Crippen molar-refractivity contribution in [1.29, 1.82) is 0 Å². The van der Waals surface area contributed by atoms with E-state index in [9.17, 15) is 13.2 Å². The summed E-state index contributed by atoms with van der Waals surface area (Å²) in [6, 6.07) is 0. The highest BCUT2D eigenvalue weighted by molar-refractivity contribution is 7.92. The Bertz CT molecular complexity index is 419. The van der Waals surface area contributed by atoms with Gasteiger partial charge >= 0.3 is 0 Å². The van der Waals surface area contributed by atoms with Crippen LogP contribution in [0.3, 0.4) is 0 Å². The summed E-state index contributed by atoms with van der Waals surface area (Å²) in [6.45, 7) is 5.58. The number of rotatable bonds is 3. The van der Waals surface area contributed by atoms with Crippen LogP contribution in [0.4, 0.5) is 0 Å². The van der Waals surface area contributed by atoms with Gasteiger partial charge in [-0.25, -0.2) is 8.42 Å². The second-order valence-corrected chi connectivity index (χ2v) is 8.03. The monoisotopic (exact) mass is 275 g/mol. The van der Waals surface area contributed by atoms with Crippen molar-refractivity contribution in [1.82, 2.24) is 4.90 Å². The lowest BCUT2D eigenvalue weighted by atomic mass is 9.80. The van der Waals surface area contributed by atoms with Crippen LogP contribution in [0, 0.1) is 5.41 Å². The van der Waals surface area contributed by atoms with Gasteiger partial charge in [-0.1, -0.05) is 13.8 Å². The van der Waals surface area contributed by atoms with Crippen LogP contribution in [0.2, 0.25) is 0 Å². The Labute approximate surface area is 108 Å². The standard InChI is InChI=1S/C12H21NO4S/c1-3-18(15,16)10-8-13(9-10)11(14)12(2)4-6-17-7-5-12/h10H,3-9H2,1-2H3. The second-order valence-electron chi connectivity index (χ2n) is 5.46. The molecule has 0 aromatic rings. The molecular formula is C12H21NO4S. The Balaban J connectivity index is 1.94. The normalized spacial score (nSPS) is 24.7. The number of carbonyl (C=O) groups is 1. The van der Waals surface area contributed by atoms with Gasteiger partial charge in [0.15, 0.2) is 9.84 Å². The summed E-state index contributed by atoms with van der Waals surface area (Å²) < 4.78 is 28.6. The van der Waals surface area contributed by atoms with Gasteiger partial charge in [-0.3, -0.25) is 4.79 Å². The molecule has 0 aromatic heterocycles. The van der Waals surface area contributed by atoms with E-state index in [0.717, 1.165) is 12.8 Å². The molecule has 0 atom stereocenters. The molecule has 2 aliphatic rings. The molecular weight excluding hydrogens is 254 g/mol. The van der Waals surface area contributed by atoms with E-state index in [1.165, 1.54) is 0 Å². The zero-order valence-corrected chi connectivity index (χ0v) is 11.8. The molecule has 2 fully saturated rings. The van der Waals surface area contributed by atoms with Gasteiger partial charge in [0.1, 0.15) is 0 Å². The molecule has 2 rings (SSSR count). The highest BCUT2D eigenvalue weighted by atomic mass is 32.2. The van der Waals surface area contributed by atoms with Gasteiger partial charge in [-0.05, 0) is 12.8 Å². The second kappa shape index (κ2) is 4.81. The summed E-state index contributed by atoms with van der Waals surface area (Å²) in [4.78, 5) is 14.0. The van der Waals surface area contributed by atoms with Crippen molar-refractivity contribution in [2.75, 3.05) is 32.1 Å². The van der Waals surface area contributed by atoms with E-state index in [4.69, 9.17) is 4.74 Å². The van der Waals surface area contributed by atoms with Crippen molar-refractivity contribution in [3.05, 3.63) is 0 Å². The summed E-state index contributed by atoms with van der Waals surface area (Å²) in [7, 11) is -3.00. The van der Waals surface area contributed by atoms with Gasteiger partial charge < -0.3 is 9.64 Å². The van der Waals surface area contributed by atoms with Crippen molar-refractivity contribution in [2.45, 2.75) is 31.9 Å². The zero-order valence-electron chi connectivity index (χ0n) is 11.0. The lowest BCUT2D eigenvalue weighted by molar-refractivity contribution is -0.149. The molecule has 1 amide bonds. The molecule has 0 spiro atoms. The maximum absolute atomic E-state index is 12.3. The van der Waals surface area contributed by atoms with E-state index in [-0.39, 0.29) is 22.3 Å². The van der Waals surface area contributed by atoms with Gasteiger partial charge in [0, 0.05) is 32.1 Å². The van der Waals surface area contributed by atoms with E-state index in [0.29, 0.717) is 26.3 Å². The summed E-state index contributed by atoms with van der Waals surface area (Å²) in [5.41, 5.74) is -0.362. The summed E-state index contributed by atoms with van der Waals surface area (Å²) in [5.74, 6) is 0.249. The van der Waals surface area contributed by atoms with Gasteiger partial charge in [0.2, 0.25) is 5.91 Å². The number of likely N-dealkylation sites (tertiary alicyclic amines) is 1. The minimum atomic E-state index is -3.00. The Morgan fingerprint density at radius 2 is 1.89 bits per heavy atom. The maximum Gasteiger partial charge on any atom is 0.228 e. The van der Waals surface area contributed by atoms with Crippen LogP contribution in [-0.2, 0) is 19.4 Å². The van der Waals surface area contributed by atoms with E-state index in [1.54, 1.807) is 11.8 Å². The van der Waals surface area contributed by atoms with Gasteiger partial charge in [0.05, 0.1) is 10.7 Å². The van der Waals surface area contributed by atoms with E-state index in [1.807, 2.05) is 6.92 Å². The fourth-order valence-corrected chi connectivity index (χ4v) is 3.77. The Hall–Kier alpha value is -0.620. The van der Waals surface area contributed by atoms with Crippen LogP contribution in [0.5, 0.6) is 0 Å². The summed E-state index contributed by atoms with van der Waals surface area (Å²) in [6.07, 6.45) is 1.46. The van der Waals surface area contributed by atoms with Gasteiger partial charge in [-0.2, -0.15) is 0 Å². The zero-order chi connectivity index (χ0) is 13.4. The third kappa shape index (κ3) is 2.40. The SMILES string of the molecule is CCS(=O)(=O)C1CN(C(=O)C2(C)CCOCC2)C1. The van der Waals surface area contributed by atoms with Crippen molar-refractivity contribution in [3.63, 3.8) is 0 Å². The first-order valence-corrected chi connectivity index (χ1v) is 8.19. The van der Waals surface area contributed by atoms with E-state index < -0.39 is 9.84 Å². The Kier molecular flexibility index (Phi) is 3.69. The molecule has 0 bridgehead atoms. The maximum atomic E-state index is 12.3. The number of ether oxygens (including phenoxy) is 1. The minimum absolute atomic E-state index is 0.0911. The van der Waals surface area contributed by atoms with Crippen LogP contribution in [0.15, 0.2) is 0 Å². The van der Waals surface area contributed by atoms with Crippen molar-refractivity contribution >= 4 is 15.7 Å². The van der Waals surface area contributed by atoms with Crippen LogP contribution in [0.1, 0.15) is 26.7 Å². The third-order valence-corrected chi connectivity index (χ3v) is 6.28. The smallest absolute Gasteiger partial charge is 0.228 e. The first-order valence-electron chi connectivity index (χ1n) is 6.48. The number of hydrogen-bond donors (Lipinski definition) is 0. The molecule has 0 saturated carbocycles. The molecule has 2 aliphatic heterocycles. The van der Waals surface area contributed by atoms with Crippen LogP contribution in [-0.4, -0.2) is 56.5 Å². The highest BCUT2D eigenvalue weighted by Crippen LogP contribution is 2.34. The number of amides is 1. The quantitative estimate of drug-likeness (QED) is 0.750. The van der Waals surface area contributed by atoms with Gasteiger partial charge in [0.25, 0.3) is 0 Å². The Morgan fingerprint density at radius 1 is 1.33 bits per heavy atom. The number of sulfone groups is 1.